The Bertz CT molecular complexity index is 774. The highest BCUT2D eigenvalue weighted by atomic mass is 16.6. The van der Waals surface area contributed by atoms with E-state index >= 15 is 0 Å². The summed E-state index contributed by atoms with van der Waals surface area (Å²) in [5.74, 6) is -0.995. The number of nitro benzene ring substituents is 1. The van der Waals surface area contributed by atoms with Crippen molar-refractivity contribution in [1.29, 1.82) is 0 Å². The maximum absolute atomic E-state index is 12.2. The van der Waals surface area contributed by atoms with Crippen LogP contribution >= 0.6 is 0 Å². The van der Waals surface area contributed by atoms with E-state index in [2.05, 4.69) is 5.32 Å². The Morgan fingerprint density at radius 2 is 1.68 bits per heavy atom. The van der Waals surface area contributed by atoms with Crippen LogP contribution in [0.5, 0.6) is 0 Å². The number of benzene rings is 2. The average Bonchev–Trinajstić information content (AvgIpc) is 2.77. The third kappa shape index (κ3) is 2.28. The van der Waals surface area contributed by atoms with Crippen molar-refractivity contribution in [2.45, 2.75) is 0 Å². The molecule has 0 unspecified atom stereocenters. The number of rotatable bonds is 4. The fourth-order valence-corrected chi connectivity index (χ4v) is 2.26. The van der Waals surface area contributed by atoms with Crippen molar-refractivity contribution in [2.75, 3.05) is 12.0 Å². The zero-order chi connectivity index (χ0) is 15.7. The predicted molar refractivity (Wildman–Crippen MR) is 78.5 cm³/mol. The van der Waals surface area contributed by atoms with Crippen LogP contribution in [0.4, 0.5) is 11.4 Å². The molecule has 2 aromatic carbocycles. The molecule has 1 heterocycles. The minimum Gasteiger partial charge on any atom is -0.367 e. The zero-order valence-corrected chi connectivity index (χ0v) is 11.4. The molecule has 0 aliphatic carbocycles. The van der Waals surface area contributed by atoms with Crippen LogP contribution in [0.25, 0.3) is 0 Å². The van der Waals surface area contributed by atoms with Crippen LogP contribution in [0.15, 0.2) is 48.5 Å². The minimum atomic E-state index is -0.594. The lowest BCUT2D eigenvalue weighted by molar-refractivity contribution is -0.384. The number of amides is 2. The van der Waals surface area contributed by atoms with Crippen LogP contribution in [0.2, 0.25) is 0 Å². The Hall–Kier alpha value is -3.22. The van der Waals surface area contributed by atoms with E-state index in [4.69, 9.17) is 0 Å². The lowest BCUT2D eigenvalue weighted by atomic mass is 10.1. The van der Waals surface area contributed by atoms with Crippen LogP contribution in [0.3, 0.4) is 0 Å². The molecule has 3 rings (SSSR count). The van der Waals surface area contributed by atoms with Crippen LogP contribution in [-0.4, -0.2) is 28.3 Å². The highest BCUT2D eigenvalue weighted by Crippen LogP contribution is 2.26. The fraction of sp³-hybridized carbons (Fsp3) is 0.0667. The van der Waals surface area contributed by atoms with Gasteiger partial charge >= 0.3 is 0 Å². The second-order valence-electron chi connectivity index (χ2n) is 4.73. The number of imide groups is 1. The number of carbonyl (C=O) groups excluding carboxylic acids is 2. The second-order valence-corrected chi connectivity index (χ2v) is 4.73. The third-order valence-corrected chi connectivity index (χ3v) is 3.38. The molecule has 7 heteroatoms. The summed E-state index contributed by atoms with van der Waals surface area (Å²) >= 11 is 0. The van der Waals surface area contributed by atoms with Crippen molar-refractivity contribution < 1.29 is 14.5 Å². The quantitative estimate of drug-likeness (QED) is 0.531. The molecule has 22 heavy (non-hydrogen) atoms. The SMILES string of the molecule is O=C1c2ccc([N+](=O)[O-])cc2C(=O)N1CNc1ccccc1. The number of para-hydroxylation sites is 1. The summed E-state index contributed by atoms with van der Waals surface area (Å²) in [6, 6.07) is 12.8. The summed E-state index contributed by atoms with van der Waals surface area (Å²) in [5.41, 5.74) is 0.808. The Morgan fingerprint density at radius 3 is 2.36 bits per heavy atom. The Kier molecular flexibility index (Phi) is 3.30. The largest absolute Gasteiger partial charge is 0.367 e. The maximum Gasteiger partial charge on any atom is 0.270 e. The number of nitrogens with zero attached hydrogens (tertiary/aromatic N) is 2. The maximum atomic E-state index is 12.2. The molecule has 2 aromatic rings. The molecule has 7 nitrogen and oxygen atoms in total. The van der Waals surface area contributed by atoms with Gasteiger partial charge in [-0.3, -0.25) is 24.6 Å². The molecule has 0 bridgehead atoms. The number of nitro groups is 1. The van der Waals surface area contributed by atoms with Gasteiger partial charge in [0.05, 0.1) is 22.7 Å². The number of non-ortho nitro benzene ring substituents is 1. The van der Waals surface area contributed by atoms with Crippen molar-refractivity contribution in [3.63, 3.8) is 0 Å². The van der Waals surface area contributed by atoms with Gasteiger partial charge in [0.1, 0.15) is 0 Å². The average molecular weight is 297 g/mol. The molecule has 0 atom stereocenters. The van der Waals surface area contributed by atoms with E-state index in [0.29, 0.717) is 0 Å². The summed E-state index contributed by atoms with van der Waals surface area (Å²) in [4.78, 5) is 35.6. The van der Waals surface area contributed by atoms with Gasteiger partial charge in [-0.05, 0) is 18.2 Å². The van der Waals surface area contributed by atoms with Crippen LogP contribution in [-0.2, 0) is 0 Å². The molecule has 1 aliphatic heterocycles. The highest BCUT2D eigenvalue weighted by molar-refractivity contribution is 6.21. The number of anilines is 1. The van der Waals surface area contributed by atoms with Gasteiger partial charge in [0, 0.05) is 17.8 Å². The Morgan fingerprint density at radius 1 is 1.00 bits per heavy atom. The molecular formula is C15H11N3O4. The van der Waals surface area contributed by atoms with Crippen molar-refractivity contribution in [1.82, 2.24) is 4.90 Å². The number of fused-ring (bicyclic) bond motifs is 1. The standard InChI is InChI=1S/C15H11N3O4/c19-14-12-7-6-11(18(21)22)8-13(12)15(20)17(14)9-16-10-4-2-1-3-5-10/h1-8,16H,9H2. The molecule has 0 saturated heterocycles. The van der Waals surface area contributed by atoms with Gasteiger partial charge in [-0.25, -0.2) is 0 Å². The molecule has 0 aromatic heterocycles. The number of hydrogen-bond acceptors (Lipinski definition) is 5. The van der Waals surface area contributed by atoms with E-state index in [-0.39, 0.29) is 23.5 Å². The summed E-state index contributed by atoms with van der Waals surface area (Å²) in [5, 5.41) is 13.7. The van der Waals surface area contributed by atoms with E-state index in [1.165, 1.54) is 12.1 Å². The first kappa shape index (κ1) is 13.7. The number of nitrogens with one attached hydrogen (secondary N) is 1. The zero-order valence-electron chi connectivity index (χ0n) is 11.4. The molecule has 1 N–H and O–H groups in total. The predicted octanol–water partition coefficient (Wildman–Crippen LogP) is 2.26. The smallest absolute Gasteiger partial charge is 0.270 e. The van der Waals surface area contributed by atoms with Gasteiger partial charge in [0.15, 0.2) is 0 Å². The number of carbonyl (C=O) groups is 2. The molecule has 0 radical (unpaired) electrons. The Balaban J connectivity index is 1.82. The van der Waals surface area contributed by atoms with E-state index in [1.54, 1.807) is 0 Å². The van der Waals surface area contributed by atoms with E-state index in [9.17, 15) is 19.7 Å². The van der Waals surface area contributed by atoms with Crippen LogP contribution in [0, 0.1) is 10.1 Å². The molecule has 110 valence electrons. The molecule has 0 fully saturated rings. The first-order valence-corrected chi connectivity index (χ1v) is 6.51. The van der Waals surface area contributed by atoms with Gasteiger partial charge in [-0.15, -0.1) is 0 Å². The first-order chi connectivity index (χ1) is 10.6. The summed E-state index contributed by atoms with van der Waals surface area (Å²) < 4.78 is 0. The topological polar surface area (TPSA) is 92.5 Å². The Labute approximate surface area is 125 Å². The van der Waals surface area contributed by atoms with E-state index in [1.807, 2.05) is 30.3 Å². The molecule has 0 saturated carbocycles. The van der Waals surface area contributed by atoms with Crippen molar-refractivity contribution in [3.8, 4) is 0 Å². The van der Waals surface area contributed by atoms with E-state index < -0.39 is 16.7 Å². The highest BCUT2D eigenvalue weighted by Gasteiger charge is 2.36. The summed E-state index contributed by atoms with van der Waals surface area (Å²) in [7, 11) is 0. The monoisotopic (exact) mass is 297 g/mol. The van der Waals surface area contributed by atoms with Crippen molar-refractivity contribution in [3.05, 3.63) is 69.8 Å². The van der Waals surface area contributed by atoms with E-state index in [0.717, 1.165) is 16.7 Å². The van der Waals surface area contributed by atoms with Gasteiger partial charge in [-0.1, -0.05) is 18.2 Å². The molecular weight excluding hydrogens is 286 g/mol. The van der Waals surface area contributed by atoms with Gasteiger partial charge in [-0.2, -0.15) is 0 Å². The number of hydrogen-bond donors (Lipinski definition) is 1. The normalized spacial score (nSPS) is 13.2. The van der Waals surface area contributed by atoms with Crippen molar-refractivity contribution >= 4 is 23.2 Å². The van der Waals surface area contributed by atoms with Gasteiger partial charge in [0.2, 0.25) is 0 Å². The minimum absolute atomic E-state index is 0.00412. The molecule has 1 aliphatic rings. The second kappa shape index (κ2) is 5.28. The summed E-state index contributed by atoms with van der Waals surface area (Å²) in [6.07, 6.45) is 0. The first-order valence-electron chi connectivity index (χ1n) is 6.51. The van der Waals surface area contributed by atoms with Crippen molar-refractivity contribution in [2.24, 2.45) is 0 Å². The molecule has 0 spiro atoms. The van der Waals surface area contributed by atoms with Gasteiger partial charge in [0.25, 0.3) is 17.5 Å². The van der Waals surface area contributed by atoms with Gasteiger partial charge < -0.3 is 5.32 Å². The molecule has 2 amide bonds. The lowest BCUT2D eigenvalue weighted by Gasteiger charge is -2.15. The fourth-order valence-electron chi connectivity index (χ4n) is 2.26. The lowest BCUT2D eigenvalue weighted by Crippen LogP contribution is -2.34. The summed E-state index contributed by atoms with van der Waals surface area (Å²) in [6.45, 7) is 0.00412. The van der Waals surface area contributed by atoms with Crippen LogP contribution < -0.4 is 5.32 Å². The van der Waals surface area contributed by atoms with Crippen LogP contribution in [0.1, 0.15) is 20.7 Å². The third-order valence-electron chi connectivity index (χ3n) is 3.38.